The normalized spacial score (nSPS) is 22.5. The predicted octanol–water partition coefficient (Wildman–Crippen LogP) is 2.90. The van der Waals surface area contributed by atoms with Gasteiger partial charge in [0.1, 0.15) is 0 Å². The summed E-state index contributed by atoms with van der Waals surface area (Å²) in [6, 6.07) is 8.81. The standard InChI is InChI=1S/C17H28N2/c1-3-14(4-2)12-19-17(13-18)10-9-15-7-5-6-8-16(15)11-17/h5-8,14,19H,3-4,9-13,18H2,1-2H3. The fraction of sp³-hybridized carbons (Fsp3) is 0.647. The van der Waals surface area contributed by atoms with Crippen molar-refractivity contribution in [2.75, 3.05) is 13.1 Å². The van der Waals surface area contributed by atoms with E-state index >= 15 is 0 Å². The van der Waals surface area contributed by atoms with E-state index in [0.29, 0.717) is 0 Å². The van der Waals surface area contributed by atoms with E-state index in [4.69, 9.17) is 5.73 Å². The Hall–Kier alpha value is -0.860. The zero-order valence-corrected chi connectivity index (χ0v) is 12.4. The van der Waals surface area contributed by atoms with Gasteiger partial charge in [-0.15, -0.1) is 0 Å². The highest BCUT2D eigenvalue weighted by Gasteiger charge is 2.32. The van der Waals surface area contributed by atoms with Gasteiger partial charge in [-0.3, -0.25) is 0 Å². The number of nitrogens with one attached hydrogen (secondary N) is 1. The third kappa shape index (κ3) is 3.37. The van der Waals surface area contributed by atoms with Gasteiger partial charge < -0.3 is 11.1 Å². The molecule has 0 aliphatic heterocycles. The number of fused-ring (bicyclic) bond motifs is 1. The lowest BCUT2D eigenvalue weighted by Crippen LogP contribution is -2.56. The Morgan fingerprint density at radius 1 is 1.21 bits per heavy atom. The average Bonchev–Trinajstić information content (AvgIpc) is 2.48. The molecule has 0 saturated heterocycles. The second-order valence-corrected chi connectivity index (χ2v) is 5.99. The van der Waals surface area contributed by atoms with Crippen molar-refractivity contribution in [3.8, 4) is 0 Å². The molecule has 0 aromatic heterocycles. The maximum Gasteiger partial charge on any atom is 0.0347 e. The van der Waals surface area contributed by atoms with Crippen LogP contribution in [0.5, 0.6) is 0 Å². The number of rotatable bonds is 6. The van der Waals surface area contributed by atoms with Crippen LogP contribution in [0.15, 0.2) is 24.3 Å². The maximum absolute atomic E-state index is 6.10. The van der Waals surface area contributed by atoms with Crippen LogP contribution < -0.4 is 11.1 Å². The molecule has 2 heteroatoms. The molecule has 2 rings (SSSR count). The Kier molecular flexibility index (Phi) is 5.00. The summed E-state index contributed by atoms with van der Waals surface area (Å²) in [6.45, 7) is 6.40. The first-order chi connectivity index (χ1) is 9.23. The summed E-state index contributed by atoms with van der Waals surface area (Å²) in [7, 11) is 0. The number of benzene rings is 1. The lowest BCUT2D eigenvalue weighted by atomic mass is 9.77. The quantitative estimate of drug-likeness (QED) is 0.825. The van der Waals surface area contributed by atoms with E-state index in [1.54, 1.807) is 0 Å². The lowest BCUT2D eigenvalue weighted by Gasteiger charge is -2.39. The lowest BCUT2D eigenvalue weighted by molar-refractivity contribution is 0.268. The van der Waals surface area contributed by atoms with Crippen molar-refractivity contribution >= 4 is 0 Å². The van der Waals surface area contributed by atoms with Crippen molar-refractivity contribution in [2.24, 2.45) is 11.7 Å². The van der Waals surface area contributed by atoms with Crippen molar-refractivity contribution in [1.29, 1.82) is 0 Å². The van der Waals surface area contributed by atoms with Crippen LogP contribution in [0, 0.1) is 5.92 Å². The van der Waals surface area contributed by atoms with Crippen LogP contribution in [-0.4, -0.2) is 18.6 Å². The fourth-order valence-electron chi connectivity index (χ4n) is 3.14. The molecule has 106 valence electrons. The highest BCUT2D eigenvalue weighted by atomic mass is 15.0. The molecule has 0 fully saturated rings. The maximum atomic E-state index is 6.10. The highest BCUT2D eigenvalue weighted by Crippen LogP contribution is 2.28. The number of hydrogen-bond donors (Lipinski definition) is 2. The van der Waals surface area contributed by atoms with Crippen LogP contribution in [0.3, 0.4) is 0 Å². The molecule has 0 saturated carbocycles. The van der Waals surface area contributed by atoms with Crippen LogP contribution in [0.4, 0.5) is 0 Å². The van der Waals surface area contributed by atoms with Gasteiger partial charge in [-0.05, 0) is 42.9 Å². The van der Waals surface area contributed by atoms with Gasteiger partial charge >= 0.3 is 0 Å². The molecule has 0 amide bonds. The summed E-state index contributed by atoms with van der Waals surface area (Å²) >= 11 is 0. The van der Waals surface area contributed by atoms with Crippen LogP contribution in [0.1, 0.15) is 44.2 Å². The zero-order chi connectivity index (χ0) is 13.7. The first-order valence-electron chi connectivity index (χ1n) is 7.75. The molecule has 3 N–H and O–H groups in total. The smallest absolute Gasteiger partial charge is 0.0347 e. The van der Waals surface area contributed by atoms with E-state index in [0.717, 1.165) is 31.8 Å². The second-order valence-electron chi connectivity index (χ2n) is 5.99. The number of hydrogen-bond acceptors (Lipinski definition) is 2. The molecular weight excluding hydrogens is 232 g/mol. The van der Waals surface area contributed by atoms with E-state index in [1.807, 2.05) is 0 Å². The predicted molar refractivity (Wildman–Crippen MR) is 82.3 cm³/mol. The van der Waals surface area contributed by atoms with Gasteiger partial charge in [0.25, 0.3) is 0 Å². The minimum Gasteiger partial charge on any atom is -0.329 e. The second kappa shape index (κ2) is 6.53. The molecule has 1 aliphatic carbocycles. The monoisotopic (exact) mass is 260 g/mol. The van der Waals surface area contributed by atoms with Crippen molar-refractivity contribution in [2.45, 2.75) is 51.5 Å². The first kappa shape index (κ1) is 14.5. The molecular formula is C17H28N2. The molecule has 0 heterocycles. The summed E-state index contributed by atoms with van der Waals surface area (Å²) in [5, 5.41) is 3.80. The molecule has 0 spiro atoms. The Bertz CT molecular complexity index is 398. The molecule has 1 aliphatic rings. The molecule has 1 aromatic carbocycles. The van der Waals surface area contributed by atoms with Crippen LogP contribution in [0.25, 0.3) is 0 Å². The van der Waals surface area contributed by atoms with Crippen molar-refractivity contribution in [1.82, 2.24) is 5.32 Å². The minimum absolute atomic E-state index is 0.122. The van der Waals surface area contributed by atoms with Gasteiger partial charge in [0.05, 0.1) is 0 Å². The third-order valence-corrected chi connectivity index (χ3v) is 4.83. The largest absolute Gasteiger partial charge is 0.329 e. The van der Waals surface area contributed by atoms with Gasteiger partial charge in [0, 0.05) is 12.1 Å². The Morgan fingerprint density at radius 3 is 2.53 bits per heavy atom. The van der Waals surface area contributed by atoms with Crippen molar-refractivity contribution in [3.63, 3.8) is 0 Å². The zero-order valence-electron chi connectivity index (χ0n) is 12.4. The Balaban J connectivity index is 2.04. The fourth-order valence-corrected chi connectivity index (χ4v) is 3.14. The summed E-state index contributed by atoms with van der Waals surface area (Å²) in [5.74, 6) is 0.778. The van der Waals surface area contributed by atoms with Gasteiger partial charge in [-0.1, -0.05) is 51.0 Å². The van der Waals surface area contributed by atoms with Gasteiger partial charge in [-0.2, -0.15) is 0 Å². The molecule has 2 nitrogen and oxygen atoms in total. The first-order valence-corrected chi connectivity index (χ1v) is 7.75. The van der Waals surface area contributed by atoms with Crippen LogP contribution >= 0.6 is 0 Å². The highest BCUT2D eigenvalue weighted by molar-refractivity contribution is 5.32. The van der Waals surface area contributed by atoms with Crippen molar-refractivity contribution in [3.05, 3.63) is 35.4 Å². The topological polar surface area (TPSA) is 38.0 Å². The SMILES string of the molecule is CCC(CC)CNC1(CN)CCc2ccccc2C1. The van der Waals surface area contributed by atoms with E-state index in [9.17, 15) is 0 Å². The molecule has 0 radical (unpaired) electrons. The number of aryl methyl sites for hydroxylation is 1. The van der Waals surface area contributed by atoms with Crippen molar-refractivity contribution < 1.29 is 0 Å². The van der Waals surface area contributed by atoms with Crippen LogP contribution in [0.2, 0.25) is 0 Å². The average molecular weight is 260 g/mol. The van der Waals surface area contributed by atoms with Gasteiger partial charge in [0.15, 0.2) is 0 Å². The molecule has 19 heavy (non-hydrogen) atoms. The summed E-state index contributed by atoms with van der Waals surface area (Å²) in [6.07, 6.45) is 5.91. The van der Waals surface area contributed by atoms with Gasteiger partial charge in [0.2, 0.25) is 0 Å². The Labute approximate surface area is 117 Å². The van der Waals surface area contributed by atoms with E-state index in [1.165, 1.54) is 30.4 Å². The Morgan fingerprint density at radius 2 is 1.89 bits per heavy atom. The molecule has 1 aromatic rings. The summed E-state index contributed by atoms with van der Waals surface area (Å²) < 4.78 is 0. The third-order valence-electron chi connectivity index (χ3n) is 4.83. The molecule has 1 unspecified atom stereocenters. The van der Waals surface area contributed by atoms with E-state index in [-0.39, 0.29) is 5.54 Å². The summed E-state index contributed by atoms with van der Waals surface area (Å²) in [5.41, 5.74) is 9.22. The summed E-state index contributed by atoms with van der Waals surface area (Å²) in [4.78, 5) is 0. The van der Waals surface area contributed by atoms with Gasteiger partial charge in [-0.25, -0.2) is 0 Å². The molecule has 0 bridgehead atoms. The van der Waals surface area contributed by atoms with E-state index in [2.05, 4.69) is 43.4 Å². The van der Waals surface area contributed by atoms with Crippen LogP contribution in [-0.2, 0) is 12.8 Å². The number of nitrogens with two attached hydrogens (primary N) is 1. The van der Waals surface area contributed by atoms with E-state index < -0.39 is 0 Å². The molecule has 1 atom stereocenters. The minimum atomic E-state index is 0.122.